The summed E-state index contributed by atoms with van der Waals surface area (Å²) in [5.74, 6) is 4.26. The molecule has 0 bridgehead atoms. The summed E-state index contributed by atoms with van der Waals surface area (Å²) in [4.78, 5) is 5.73. The Morgan fingerprint density at radius 3 is 2.24 bits per heavy atom. The van der Waals surface area contributed by atoms with Crippen molar-refractivity contribution in [2.24, 2.45) is 46.3 Å². The summed E-state index contributed by atoms with van der Waals surface area (Å²) >= 11 is 1.36. The van der Waals surface area contributed by atoms with Crippen molar-refractivity contribution < 1.29 is 26.3 Å². The Morgan fingerprint density at radius 1 is 0.911 bits per heavy atom. The number of nitrogens with zero attached hydrogens (tertiary/aromatic N) is 1. The molecule has 1 N–H and O–H groups in total. The Kier molecular flexibility index (Phi) is 8.47. The highest BCUT2D eigenvalue weighted by molar-refractivity contribution is 7.16. The van der Waals surface area contributed by atoms with Gasteiger partial charge in [-0.05, 0) is 115 Å². The molecule has 9 heteroatoms. The van der Waals surface area contributed by atoms with E-state index in [-0.39, 0.29) is 17.2 Å². The normalized spacial score (nSPS) is 32.0. The second-order valence-corrected chi connectivity index (χ2v) is 16.4. The summed E-state index contributed by atoms with van der Waals surface area (Å²) in [6, 6.07) is 1.61. The fourth-order valence-corrected chi connectivity index (χ4v) is 11.3. The minimum Gasteiger partial charge on any atom is -0.332 e. The van der Waals surface area contributed by atoms with Crippen molar-refractivity contribution in [2.45, 2.75) is 111 Å². The van der Waals surface area contributed by atoms with Gasteiger partial charge in [0, 0.05) is 5.69 Å². The highest BCUT2D eigenvalue weighted by atomic mass is 32.1. The van der Waals surface area contributed by atoms with E-state index < -0.39 is 23.5 Å². The third-order valence-corrected chi connectivity index (χ3v) is 13.4. The van der Waals surface area contributed by atoms with Crippen LogP contribution in [0.1, 0.15) is 114 Å². The van der Waals surface area contributed by atoms with E-state index in [1.54, 1.807) is 0 Å². The van der Waals surface area contributed by atoms with E-state index in [1.807, 2.05) is 0 Å². The van der Waals surface area contributed by atoms with Crippen LogP contribution in [0.15, 0.2) is 24.3 Å². The van der Waals surface area contributed by atoms with Gasteiger partial charge in [-0.15, -0.1) is 0 Å². The molecule has 4 aliphatic rings. The molecule has 4 aliphatic carbocycles. The Morgan fingerprint density at radius 2 is 1.60 bits per heavy atom. The van der Waals surface area contributed by atoms with Crippen molar-refractivity contribution in [2.75, 3.05) is 5.32 Å². The lowest BCUT2D eigenvalue weighted by Gasteiger charge is -2.57. The molecule has 2 fully saturated rings. The first-order valence-electron chi connectivity index (χ1n) is 16.8. The van der Waals surface area contributed by atoms with Gasteiger partial charge in [-0.3, -0.25) is 0 Å². The molecular formula is C36H46F6N2S. The molecule has 0 saturated heterocycles. The van der Waals surface area contributed by atoms with Crippen molar-refractivity contribution >= 4 is 27.7 Å². The van der Waals surface area contributed by atoms with Gasteiger partial charge in [-0.2, -0.15) is 26.3 Å². The van der Waals surface area contributed by atoms with Crippen LogP contribution in [0.3, 0.4) is 0 Å². The van der Waals surface area contributed by atoms with E-state index in [0.29, 0.717) is 22.4 Å². The lowest BCUT2D eigenvalue weighted by molar-refractivity contribution is -0.143. The molecule has 1 aromatic heterocycles. The number of benzene rings is 1. The van der Waals surface area contributed by atoms with Crippen molar-refractivity contribution in [3.05, 3.63) is 46.0 Å². The molecule has 2 nitrogen and oxygen atoms in total. The van der Waals surface area contributed by atoms with Gasteiger partial charge in [0.25, 0.3) is 0 Å². The quantitative estimate of drug-likeness (QED) is 0.301. The van der Waals surface area contributed by atoms with Crippen molar-refractivity contribution in [1.82, 2.24) is 4.98 Å². The Labute approximate surface area is 267 Å². The second kappa shape index (κ2) is 11.6. The first-order valence-corrected chi connectivity index (χ1v) is 17.6. The van der Waals surface area contributed by atoms with E-state index in [0.717, 1.165) is 65.6 Å². The molecule has 0 spiro atoms. The number of fused-ring (bicyclic) bond motifs is 7. The topological polar surface area (TPSA) is 24.9 Å². The Hall–Kier alpha value is -2.03. The van der Waals surface area contributed by atoms with Gasteiger partial charge in [0.05, 0.1) is 21.7 Å². The highest BCUT2D eigenvalue weighted by Gasteiger charge is 2.59. The molecule has 0 unspecified atom stereocenters. The van der Waals surface area contributed by atoms with Crippen LogP contribution in [0.4, 0.5) is 37.2 Å². The molecule has 1 heterocycles. The van der Waals surface area contributed by atoms with Crippen molar-refractivity contribution in [3.63, 3.8) is 0 Å². The SMILES string of the molecule is CC(C)CCC[C@@H](C)[C@H]1CC[C@H]2[C@@H]3CC=C4c5sc(Nc6cc(C(F)(F)F)cc(C(F)(F)F)c6)nc5CC[C@]4(C)[C@H]3CC[C@]12C. The molecule has 0 aliphatic heterocycles. The maximum Gasteiger partial charge on any atom is 0.416 e. The summed E-state index contributed by atoms with van der Waals surface area (Å²) in [7, 11) is 0. The smallest absolute Gasteiger partial charge is 0.332 e. The van der Waals surface area contributed by atoms with Crippen LogP contribution >= 0.6 is 11.3 Å². The lowest BCUT2D eigenvalue weighted by atomic mass is 9.47. The van der Waals surface area contributed by atoms with Gasteiger partial charge < -0.3 is 5.32 Å². The zero-order valence-corrected chi connectivity index (χ0v) is 27.8. The van der Waals surface area contributed by atoms with Crippen LogP contribution in [0, 0.1) is 46.3 Å². The maximum absolute atomic E-state index is 13.5. The molecule has 45 heavy (non-hydrogen) atoms. The number of anilines is 2. The first kappa shape index (κ1) is 32.9. The number of aromatic nitrogens is 1. The zero-order valence-electron chi connectivity index (χ0n) is 27.0. The number of aryl methyl sites for hydroxylation is 1. The molecule has 2 aromatic rings. The summed E-state index contributed by atoms with van der Waals surface area (Å²) < 4.78 is 80.7. The van der Waals surface area contributed by atoms with Crippen LogP contribution < -0.4 is 5.32 Å². The highest BCUT2D eigenvalue weighted by Crippen LogP contribution is 2.68. The third kappa shape index (κ3) is 5.97. The first-order chi connectivity index (χ1) is 21.0. The predicted molar refractivity (Wildman–Crippen MR) is 169 cm³/mol. The maximum atomic E-state index is 13.5. The van der Waals surface area contributed by atoms with E-state index >= 15 is 0 Å². The molecular weight excluding hydrogens is 606 g/mol. The molecule has 7 atom stereocenters. The molecule has 1 aromatic carbocycles. The van der Waals surface area contributed by atoms with Crippen molar-refractivity contribution in [1.29, 1.82) is 0 Å². The summed E-state index contributed by atoms with van der Waals surface area (Å²) in [5, 5.41) is 3.14. The average Bonchev–Trinajstić information content (AvgIpc) is 3.51. The Bertz CT molecular complexity index is 1410. The number of halogens is 6. The second-order valence-electron chi connectivity index (χ2n) is 15.4. The fourth-order valence-electron chi connectivity index (χ4n) is 10.1. The van der Waals surface area contributed by atoms with Crippen LogP contribution in [0.2, 0.25) is 0 Å². The number of allylic oxidation sites excluding steroid dienone is 2. The van der Waals surface area contributed by atoms with Gasteiger partial charge in [0.1, 0.15) is 0 Å². The molecule has 6 rings (SSSR count). The summed E-state index contributed by atoms with van der Waals surface area (Å²) in [6.45, 7) is 12.1. The minimum atomic E-state index is -4.90. The largest absolute Gasteiger partial charge is 0.416 e. The standard InChI is InChI=1S/C36H46F6N2S/c1-20(2)7-6-8-21(3)26-11-12-27-25-9-10-29-31-30(14-16-34(29,5)28(25)13-15-33(26,27)4)44-32(45-31)43-24-18-22(35(37,38)39)17-23(19-24)36(40,41)42/h10,17-21,25-28H,6-9,11-16H2,1-5H3,(H,43,44)/t21-,25+,26-,27+,28+,33-,34-/m1/s1. The molecule has 2 saturated carbocycles. The summed E-state index contributed by atoms with van der Waals surface area (Å²) in [6.07, 6.45) is 4.46. The van der Waals surface area contributed by atoms with E-state index in [9.17, 15) is 26.3 Å². The fraction of sp³-hybridized carbons (Fsp3) is 0.694. The number of rotatable bonds is 7. The van der Waals surface area contributed by atoms with Gasteiger partial charge in [-0.1, -0.05) is 71.3 Å². The lowest BCUT2D eigenvalue weighted by Crippen LogP contribution is -2.49. The Balaban J connectivity index is 1.23. The van der Waals surface area contributed by atoms with Gasteiger partial charge in [0.15, 0.2) is 5.13 Å². The van der Waals surface area contributed by atoms with Gasteiger partial charge >= 0.3 is 12.4 Å². The van der Waals surface area contributed by atoms with Gasteiger partial charge in [-0.25, -0.2) is 4.98 Å². The zero-order chi connectivity index (χ0) is 32.5. The van der Waals surface area contributed by atoms with Crippen LogP contribution in [0.25, 0.3) is 5.57 Å². The van der Waals surface area contributed by atoms with E-state index in [1.165, 1.54) is 61.9 Å². The summed E-state index contributed by atoms with van der Waals surface area (Å²) in [5.41, 5.74) is -0.357. The molecule has 0 radical (unpaired) electrons. The number of nitrogens with one attached hydrogen (secondary N) is 1. The van der Waals surface area contributed by atoms with E-state index in [4.69, 9.17) is 0 Å². The third-order valence-electron chi connectivity index (χ3n) is 12.3. The predicted octanol–water partition coefficient (Wildman–Crippen LogP) is 12.2. The van der Waals surface area contributed by atoms with E-state index in [2.05, 4.69) is 51.0 Å². The number of thiazole rings is 1. The monoisotopic (exact) mass is 652 g/mol. The van der Waals surface area contributed by atoms with Crippen LogP contribution in [0.5, 0.6) is 0 Å². The number of hydrogen-bond acceptors (Lipinski definition) is 3. The number of alkyl halides is 6. The van der Waals surface area contributed by atoms with Gasteiger partial charge in [0.2, 0.25) is 0 Å². The molecule has 0 amide bonds. The van der Waals surface area contributed by atoms with Crippen LogP contribution in [-0.2, 0) is 18.8 Å². The average molecular weight is 653 g/mol. The number of hydrogen-bond donors (Lipinski definition) is 1. The van der Waals surface area contributed by atoms with Crippen molar-refractivity contribution in [3.8, 4) is 0 Å². The molecule has 248 valence electrons. The van der Waals surface area contributed by atoms with Crippen LogP contribution in [-0.4, -0.2) is 4.98 Å². The minimum absolute atomic E-state index is 0.00166.